The summed E-state index contributed by atoms with van der Waals surface area (Å²) in [6.07, 6.45) is 3.63. The highest BCUT2D eigenvalue weighted by Crippen LogP contribution is 2.23. The van der Waals surface area contributed by atoms with Crippen LogP contribution < -0.4 is 5.32 Å². The molecule has 3 heterocycles. The SMILES string of the molecule is Cc1cc2c(NC(C)c3ccsc3)nccn2n1. The average Bonchev–Trinajstić information content (AvgIpc) is 2.96. The fourth-order valence-electron chi connectivity index (χ4n) is 1.97. The van der Waals surface area contributed by atoms with Crippen molar-refractivity contribution in [2.24, 2.45) is 0 Å². The molecule has 1 unspecified atom stereocenters. The van der Waals surface area contributed by atoms with Crippen LogP contribution in [0.3, 0.4) is 0 Å². The smallest absolute Gasteiger partial charge is 0.152 e. The molecule has 92 valence electrons. The van der Waals surface area contributed by atoms with E-state index in [4.69, 9.17) is 0 Å². The molecular weight excluding hydrogens is 244 g/mol. The third-order valence-corrected chi connectivity index (χ3v) is 3.61. The van der Waals surface area contributed by atoms with Crippen LogP contribution in [0, 0.1) is 6.92 Å². The molecule has 0 radical (unpaired) electrons. The van der Waals surface area contributed by atoms with Crippen molar-refractivity contribution in [2.45, 2.75) is 19.9 Å². The van der Waals surface area contributed by atoms with Gasteiger partial charge in [0.1, 0.15) is 5.52 Å². The quantitative estimate of drug-likeness (QED) is 0.784. The van der Waals surface area contributed by atoms with Crippen LogP contribution in [0.1, 0.15) is 24.2 Å². The van der Waals surface area contributed by atoms with Crippen LogP contribution in [-0.2, 0) is 0 Å². The van der Waals surface area contributed by atoms with E-state index in [1.807, 2.05) is 23.7 Å². The minimum atomic E-state index is 0.241. The number of nitrogens with one attached hydrogen (secondary N) is 1. The van der Waals surface area contributed by atoms with Gasteiger partial charge < -0.3 is 5.32 Å². The number of hydrogen-bond donors (Lipinski definition) is 1. The molecule has 3 aromatic rings. The third-order valence-electron chi connectivity index (χ3n) is 2.91. The lowest BCUT2D eigenvalue weighted by Gasteiger charge is -2.13. The number of nitrogens with zero attached hydrogens (tertiary/aromatic N) is 3. The van der Waals surface area contributed by atoms with Crippen molar-refractivity contribution in [1.82, 2.24) is 14.6 Å². The summed E-state index contributed by atoms with van der Waals surface area (Å²) in [7, 11) is 0. The summed E-state index contributed by atoms with van der Waals surface area (Å²) in [4.78, 5) is 4.40. The Balaban J connectivity index is 1.95. The molecule has 0 aliphatic rings. The Bertz CT molecular complexity index is 657. The van der Waals surface area contributed by atoms with Crippen molar-refractivity contribution >= 4 is 22.7 Å². The van der Waals surface area contributed by atoms with Crippen molar-refractivity contribution in [3.8, 4) is 0 Å². The Hall–Kier alpha value is -1.88. The van der Waals surface area contributed by atoms with Gasteiger partial charge in [-0.25, -0.2) is 9.50 Å². The molecule has 1 atom stereocenters. The lowest BCUT2D eigenvalue weighted by atomic mass is 10.2. The number of rotatable bonds is 3. The van der Waals surface area contributed by atoms with Crippen LogP contribution in [-0.4, -0.2) is 14.6 Å². The van der Waals surface area contributed by atoms with Gasteiger partial charge >= 0.3 is 0 Å². The first-order chi connectivity index (χ1) is 8.74. The van der Waals surface area contributed by atoms with Gasteiger partial charge in [0.2, 0.25) is 0 Å². The van der Waals surface area contributed by atoms with Crippen LogP contribution in [0.15, 0.2) is 35.3 Å². The van der Waals surface area contributed by atoms with E-state index in [-0.39, 0.29) is 6.04 Å². The molecule has 0 spiro atoms. The Morgan fingerprint density at radius 1 is 1.44 bits per heavy atom. The molecule has 0 aromatic carbocycles. The highest BCUT2D eigenvalue weighted by molar-refractivity contribution is 7.07. The second-order valence-electron chi connectivity index (χ2n) is 4.31. The van der Waals surface area contributed by atoms with Crippen molar-refractivity contribution in [2.75, 3.05) is 5.32 Å². The standard InChI is InChI=1S/C13H14N4S/c1-9-7-12-13(14-4-5-17(12)16-9)15-10(2)11-3-6-18-8-11/h3-8,10H,1-2H3,(H,14,15). The zero-order chi connectivity index (χ0) is 12.5. The number of aromatic nitrogens is 3. The van der Waals surface area contributed by atoms with Gasteiger partial charge in [-0.05, 0) is 42.3 Å². The maximum absolute atomic E-state index is 4.40. The van der Waals surface area contributed by atoms with Gasteiger partial charge in [-0.15, -0.1) is 0 Å². The Morgan fingerprint density at radius 3 is 3.11 bits per heavy atom. The van der Waals surface area contributed by atoms with Gasteiger partial charge in [-0.3, -0.25) is 0 Å². The zero-order valence-electron chi connectivity index (χ0n) is 10.3. The van der Waals surface area contributed by atoms with Crippen LogP contribution in [0.2, 0.25) is 0 Å². The van der Waals surface area contributed by atoms with Crippen molar-refractivity contribution in [3.05, 3.63) is 46.5 Å². The Morgan fingerprint density at radius 2 is 2.33 bits per heavy atom. The number of anilines is 1. The number of fused-ring (bicyclic) bond motifs is 1. The largest absolute Gasteiger partial charge is 0.362 e. The van der Waals surface area contributed by atoms with E-state index in [0.717, 1.165) is 17.0 Å². The molecule has 0 aliphatic carbocycles. The summed E-state index contributed by atoms with van der Waals surface area (Å²) < 4.78 is 1.85. The van der Waals surface area contributed by atoms with E-state index >= 15 is 0 Å². The summed E-state index contributed by atoms with van der Waals surface area (Å²) in [6, 6.07) is 4.41. The van der Waals surface area contributed by atoms with Gasteiger partial charge in [0.15, 0.2) is 5.82 Å². The minimum absolute atomic E-state index is 0.241. The molecule has 0 fully saturated rings. The topological polar surface area (TPSA) is 42.2 Å². The van der Waals surface area contributed by atoms with E-state index in [0.29, 0.717) is 0 Å². The number of aryl methyl sites for hydroxylation is 1. The van der Waals surface area contributed by atoms with Crippen LogP contribution >= 0.6 is 11.3 Å². The highest BCUT2D eigenvalue weighted by Gasteiger charge is 2.10. The third kappa shape index (κ3) is 1.97. The monoisotopic (exact) mass is 258 g/mol. The normalized spacial score (nSPS) is 12.8. The first-order valence-electron chi connectivity index (χ1n) is 5.83. The van der Waals surface area contributed by atoms with Crippen molar-refractivity contribution in [3.63, 3.8) is 0 Å². The maximum atomic E-state index is 4.40. The van der Waals surface area contributed by atoms with Crippen molar-refractivity contribution < 1.29 is 0 Å². The molecular formula is C13H14N4S. The second-order valence-corrected chi connectivity index (χ2v) is 5.09. The molecule has 0 aliphatic heterocycles. The van der Waals surface area contributed by atoms with Crippen LogP contribution in [0.4, 0.5) is 5.82 Å². The summed E-state index contributed by atoms with van der Waals surface area (Å²) in [5.41, 5.74) is 3.28. The number of thiophene rings is 1. The Kier molecular flexibility index (Phi) is 2.76. The molecule has 18 heavy (non-hydrogen) atoms. The maximum Gasteiger partial charge on any atom is 0.152 e. The zero-order valence-corrected chi connectivity index (χ0v) is 11.1. The van der Waals surface area contributed by atoms with Gasteiger partial charge in [0.05, 0.1) is 11.7 Å². The van der Waals surface area contributed by atoms with E-state index < -0.39 is 0 Å². The number of hydrogen-bond acceptors (Lipinski definition) is 4. The van der Waals surface area contributed by atoms with E-state index in [9.17, 15) is 0 Å². The van der Waals surface area contributed by atoms with E-state index in [2.05, 4.69) is 39.1 Å². The average molecular weight is 258 g/mol. The molecule has 4 nitrogen and oxygen atoms in total. The predicted molar refractivity (Wildman–Crippen MR) is 74.1 cm³/mol. The van der Waals surface area contributed by atoms with Gasteiger partial charge in [0.25, 0.3) is 0 Å². The lowest BCUT2D eigenvalue weighted by Crippen LogP contribution is -2.08. The lowest BCUT2D eigenvalue weighted by molar-refractivity contribution is 0.868. The summed E-state index contributed by atoms with van der Waals surface area (Å²) >= 11 is 1.71. The molecule has 0 amide bonds. The molecule has 0 saturated heterocycles. The summed E-state index contributed by atoms with van der Waals surface area (Å²) in [6.45, 7) is 4.12. The van der Waals surface area contributed by atoms with Gasteiger partial charge in [0, 0.05) is 12.4 Å². The fraction of sp³-hybridized carbons (Fsp3) is 0.231. The molecule has 3 aromatic heterocycles. The van der Waals surface area contributed by atoms with Gasteiger partial charge in [-0.1, -0.05) is 0 Å². The molecule has 1 N–H and O–H groups in total. The fourth-order valence-corrected chi connectivity index (χ4v) is 2.72. The van der Waals surface area contributed by atoms with Crippen LogP contribution in [0.5, 0.6) is 0 Å². The van der Waals surface area contributed by atoms with Crippen molar-refractivity contribution in [1.29, 1.82) is 0 Å². The first-order valence-corrected chi connectivity index (χ1v) is 6.78. The predicted octanol–water partition coefficient (Wildman–Crippen LogP) is 3.27. The molecule has 5 heteroatoms. The van der Waals surface area contributed by atoms with E-state index in [1.165, 1.54) is 5.56 Å². The molecule has 3 rings (SSSR count). The minimum Gasteiger partial charge on any atom is -0.362 e. The van der Waals surface area contributed by atoms with Gasteiger partial charge in [-0.2, -0.15) is 16.4 Å². The summed E-state index contributed by atoms with van der Waals surface area (Å²) in [5.74, 6) is 0.872. The second kappa shape index (κ2) is 4.42. The highest BCUT2D eigenvalue weighted by atomic mass is 32.1. The molecule has 0 saturated carbocycles. The first kappa shape index (κ1) is 11.2. The summed E-state index contributed by atoms with van der Waals surface area (Å²) in [5, 5.41) is 12.1. The van der Waals surface area contributed by atoms with E-state index in [1.54, 1.807) is 17.5 Å². The Labute approximate surface area is 109 Å². The molecule has 0 bridgehead atoms. The van der Waals surface area contributed by atoms with Crippen LogP contribution in [0.25, 0.3) is 5.52 Å².